The summed E-state index contributed by atoms with van der Waals surface area (Å²) in [7, 11) is -3.63. The summed E-state index contributed by atoms with van der Waals surface area (Å²) >= 11 is 0. The van der Waals surface area contributed by atoms with E-state index in [1.165, 1.54) is 0 Å². The van der Waals surface area contributed by atoms with Crippen LogP contribution in [0.5, 0.6) is 0 Å². The highest BCUT2D eigenvalue weighted by molar-refractivity contribution is 6.77. The molecule has 25 heavy (non-hydrogen) atoms. The van der Waals surface area contributed by atoms with Gasteiger partial charge in [0.05, 0.1) is 6.10 Å². The van der Waals surface area contributed by atoms with E-state index in [0.29, 0.717) is 22.5 Å². The summed E-state index contributed by atoms with van der Waals surface area (Å²) in [4.78, 5) is 0. The molecule has 0 aliphatic carbocycles. The van der Waals surface area contributed by atoms with Crippen LogP contribution < -0.4 is 0 Å². The minimum absolute atomic E-state index is 0.0686. The van der Waals surface area contributed by atoms with Gasteiger partial charge < -0.3 is 8.85 Å². The van der Waals surface area contributed by atoms with Crippen LogP contribution in [0.3, 0.4) is 0 Å². The summed E-state index contributed by atoms with van der Waals surface area (Å²) in [6.45, 7) is 32.6. The van der Waals surface area contributed by atoms with Gasteiger partial charge in [-0.05, 0) is 34.8 Å². The number of hydrogen-bond donors (Lipinski definition) is 0. The molecule has 0 aliphatic heterocycles. The van der Waals surface area contributed by atoms with Crippen molar-refractivity contribution in [2.45, 2.75) is 110 Å². The molecule has 0 unspecified atom stereocenters. The molecule has 0 saturated heterocycles. The third-order valence-corrected chi connectivity index (χ3v) is 16.9. The zero-order valence-corrected chi connectivity index (χ0v) is 21.2. The molecule has 0 fully saturated rings. The van der Waals surface area contributed by atoms with Crippen molar-refractivity contribution in [3.05, 3.63) is 12.7 Å². The van der Waals surface area contributed by atoms with Gasteiger partial charge in [-0.2, -0.15) is 0 Å². The lowest BCUT2D eigenvalue weighted by Gasteiger charge is -2.44. The van der Waals surface area contributed by atoms with E-state index in [9.17, 15) is 0 Å². The van der Waals surface area contributed by atoms with Crippen molar-refractivity contribution in [2.24, 2.45) is 5.92 Å². The van der Waals surface area contributed by atoms with Crippen molar-refractivity contribution in [2.75, 3.05) is 6.61 Å². The van der Waals surface area contributed by atoms with Gasteiger partial charge >= 0.3 is 0 Å². The minimum atomic E-state index is -1.82. The maximum atomic E-state index is 6.79. The lowest BCUT2D eigenvalue weighted by molar-refractivity contribution is 0.119. The Labute approximate surface area is 161 Å². The van der Waals surface area contributed by atoms with Gasteiger partial charge in [0.2, 0.25) is 0 Å². The lowest BCUT2D eigenvalue weighted by Crippen LogP contribution is -2.50. The third-order valence-electron chi connectivity index (χ3n) is 6.33. The van der Waals surface area contributed by atoms with Crippen LogP contribution in [-0.4, -0.2) is 29.3 Å². The fourth-order valence-corrected chi connectivity index (χ4v) is 10.7. The van der Waals surface area contributed by atoms with Crippen molar-refractivity contribution in [3.8, 4) is 0 Å². The highest BCUT2D eigenvalue weighted by Crippen LogP contribution is 2.43. The summed E-state index contributed by atoms with van der Waals surface area (Å²) in [5, 5.41) is 0.209. The van der Waals surface area contributed by atoms with Crippen LogP contribution in [0.2, 0.25) is 34.8 Å². The van der Waals surface area contributed by atoms with Gasteiger partial charge in [-0.15, -0.1) is 6.58 Å². The monoisotopic (exact) mass is 386 g/mol. The molecule has 0 amide bonds. The van der Waals surface area contributed by atoms with Gasteiger partial charge in [0.1, 0.15) is 0 Å². The van der Waals surface area contributed by atoms with Gasteiger partial charge in [-0.25, -0.2) is 0 Å². The highest BCUT2D eigenvalue weighted by Gasteiger charge is 2.46. The maximum Gasteiger partial charge on any atom is 0.200 e. The molecule has 0 rings (SSSR count). The first-order valence-electron chi connectivity index (χ1n) is 10.1. The minimum Gasteiger partial charge on any atom is -0.416 e. The SMILES string of the molecule is C=C[C@H](O[Si](C)(C)C(C)(C)C)[C@@H](C)CO[Si](C(C)C)(C(C)C)C(C)C. The number of rotatable bonds is 10. The summed E-state index contributed by atoms with van der Waals surface area (Å²) in [6.07, 6.45) is 2.05. The van der Waals surface area contributed by atoms with E-state index in [-0.39, 0.29) is 11.1 Å². The van der Waals surface area contributed by atoms with Crippen LogP contribution >= 0.6 is 0 Å². The predicted molar refractivity (Wildman–Crippen MR) is 118 cm³/mol. The Morgan fingerprint density at radius 3 is 1.56 bits per heavy atom. The molecule has 4 heteroatoms. The normalized spacial score (nSPS) is 16.6. The van der Waals surface area contributed by atoms with E-state index < -0.39 is 16.6 Å². The van der Waals surface area contributed by atoms with Crippen molar-refractivity contribution < 1.29 is 8.85 Å². The molecule has 2 nitrogen and oxygen atoms in total. The van der Waals surface area contributed by atoms with Gasteiger partial charge in [0.15, 0.2) is 16.6 Å². The van der Waals surface area contributed by atoms with E-state index in [1.807, 2.05) is 6.08 Å². The molecule has 0 aromatic carbocycles. The molecule has 0 N–H and O–H groups in total. The second kappa shape index (κ2) is 9.34. The molecule has 0 spiro atoms. The van der Waals surface area contributed by atoms with E-state index >= 15 is 0 Å². The zero-order chi connectivity index (χ0) is 20.2. The van der Waals surface area contributed by atoms with E-state index in [2.05, 4.69) is 88.9 Å². The van der Waals surface area contributed by atoms with Gasteiger partial charge in [0, 0.05) is 12.5 Å². The molecule has 2 atom stereocenters. The first kappa shape index (κ1) is 25.1. The Morgan fingerprint density at radius 2 is 1.28 bits per heavy atom. The van der Waals surface area contributed by atoms with Crippen LogP contribution in [0, 0.1) is 5.92 Å². The predicted octanol–water partition coefficient (Wildman–Crippen LogP) is 7.39. The summed E-state index contributed by atoms with van der Waals surface area (Å²) in [5.74, 6) is 0.328. The fourth-order valence-electron chi connectivity index (χ4n) is 3.78. The van der Waals surface area contributed by atoms with Crippen LogP contribution in [0.1, 0.15) is 69.2 Å². The third kappa shape index (κ3) is 6.05. The first-order chi connectivity index (χ1) is 11.1. The Hall–Kier alpha value is 0.0938. The quantitative estimate of drug-likeness (QED) is 0.288. The van der Waals surface area contributed by atoms with Gasteiger partial charge in [-0.1, -0.05) is 75.3 Å². The van der Waals surface area contributed by atoms with Crippen LogP contribution in [0.15, 0.2) is 12.7 Å². The van der Waals surface area contributed by atoms with Crippen molar-refractivity contribution in [1.29, 1.82) is 0 Å². The van der Waals surface area contributed by atoms with Crippen LogP contribution in [0.4, 0.5) is 0 Å². The van der Waals surface area contributed by atoms with E-state index in [1.54, 1.807) is 0 Å². The summed E-state index contributed by atoms with van der Waals surface area (Å²) in [6, 6.07) is 0. The molecule has 0 bridgehead atoms. The topological polar surface area (TPSA) is 18.5 Å². The van der Waals surface area contributed by atoms with Gasteiger partial charge in [-0.3, -0.25) is 0 Å². The Kier molecular flexibility index (Phi) is 9.37. The molecule has 0 aromatic heterocycles. The standard InChI is InChI=1S/C21H46O2Si2/c1-14-20(23-24(12,13)21(9,10)11)19(8)15-22-25(16(2)3,17(4)5)18(6)7/h14,16-20H,1,15H2,2-13H3/t19-,20-/m0/s1. The average Bonchev–Trinajstić information content (AvgIpc) is 2.42. The largest absolute Gasteiger partial charge is 0.416 e. The molecule has 0 aromatic rings. The zero-order valence-electron chi connectivity index (χ0n) is 19.2. The van der Waals surface area contributed by atoms with Crippen molar-refractivity contribution in [3.63, 3.8) is 0 Å². The maximum absolute atomic E-state index is 6.79. The summed E-state index contributed by atoms with van der Waals surface area (Å²) < 4.78 is 13.4. The molecule has 0 radical (unpaired) electrons. The Bertz CT molecular complexity index is 387. The summed E-state index contributed by atoms with van der Waals surface area (Å²) in [5.41, 5.74) is 1.84. The molecular formula is C21H46O2Si2. The average molecular weight is 387 g/mol. The van der Waals surface area contributed by atoms with E-state index in [0.717, 1.165) is 6.61 Å². The second-order valence-electron chi connectivity index (χ2n) is 10.2. The number of hydrogen-bond acceptors (Lipinski definition) is 2. The van der Waals surface area contributed by atoms with Crippen LogP contribution in [0.25, 0.3) is 0 Å². The molecule has 150 valence electrons. The highest BCUT2D eigenvalue weighted by atomic mass is 28.4. The molecular weight excluding hydrogens is 340 g/mol. The van der Waals surface area contributed by atoms with Crippen LogP contribution in [-0.2, 0) is 8.85 Å². The molecule has 0 heterocycles. The lowest BCUT2D eigenvalue weighted by atomic mass is 10.1. The van der Waals surface area contributed by atoms with Gasteiger partial charge in [0.25, 0.3) is 0 Å². The Morgan fingerprint density at radius 1 is 0.880 bits per heavy atom. The smallest absolute Gasteiger partial charge is 0.200 e. The second-order valence-corrected chi connectivity index (χ2v) is 20.4. The molecule has 0 saturated carbocycles. The Balaban J connectivity index is 5.22. The molecule has 0 aliphatic rings. The van der Waals surface area contributed by atoms with E-state index in [4.69, 9.17) is 8.85 Å². The van der Waals surface area contributed by atoms with Crippen molar-refractivity contribution in [1.82, 2.24) is 0 Å². The van der Waals surface area contributed by atoms with Crippen molar-refractivity contribution >= 4 is 16.6 Å². The first-order valence-corrected chi connectivity index (χ1v) is 15.1. The fraction of sp³-hybridized carbons (Fsp3) is 0.905.